The van der Waals surface area contributed by atoms with Crippen molar-refractivity contribution in [2.45, 2.75) is 64.4 Å². The molecule has 4 bridgehead atoms. The predicted molar refractivity (Wildman–Crippen MR) is 152 cm³/mol. The van der Waals surface area contributed by atoms with Crippen LogP contribution >= 0.6 is 0 Å². The number of fused-ring (bicyclic) bond motifs is 4. The number of aryl methyl sites for hydroxylation is 2. The molecule has 1 amide bonds. The lowest BCUT2D eigenvalue weighted by Gasteiger charge is -2.44. The van der Waals surface area contributed by atoms with Gasteiger partial charge in [-0.3, -0.25) is 4.79 Å². The van der Waals surface area contributed by atoms with Gasteiger partial charge in [-0.2, -0.15) is 4.98 Å². The molecule has 39 heavy (non-hydrogen) atoms. The second-order valence-electron chi connectivity index (χ2n) is 11.1. The molecule has 3 aromatic rings. The molecule has 2 heterocycles. The smallest absolute Gasteiger partial charge is 0.264 e. The highest BCUT2D eigenvalue weighted by Gasteiger charge is 2.37. The number of hydrogen-bond acceptors (Lipinski definition) is 7. The van der Waals surface area contributed by atoms with Crippen LogP contribution in [0.5, 0.6) is 5.88 Å². The lowest BCUT2D eigenvalue weighted by Crippen LogP contribution is -2.58. The van der Waals surface area contributed by atoms with Gasteiger partial charge in [0.15, 0.2) is 0 Å². The molecular formula is C29H37N5O4S. The van der Waals surface area contributed by atoms with Gasteiger partial charge in [0.2, 0.25) is 11.8 Å². The van der Waals surface area contributed by atoms with Crippen LogP contribution in [0.25, 0.3) is 11.3 Å². The Morgan fingerprint density at radius 3 is 2.41 bits per heavy atom. The first-order valence-electron chi connectivity index (χ1n) is 13.1. The summed E-state index contributed by atoms with van der Waals surface area (Å²) in [6.45, 7) is 12.3. The van der Waals surface area contributed by atoms with Gasteiger partial charge in [0.05, 0.1) is 22.2 Å². The van der Waals surface area contributed by atoms with E-state index in [-0.39, 0.29) is 53.3 Å². The first-order chi connectivity index (χ1) is 18.3. The summed E-state index contributed by atoms with van der Waals surface area (Å²) in [7, 11) is -4.12. The number of carbonyl (C=O) groups is 1. The third kappa shape index (κ3) is 6.07. The minimum Gasteiger partial charge on any atom is -0.475 e. The number of nitrogens with two attached hydrogens (primary N) is 1. The first-order valence-corrected chi connectivity index (χ1v) is 14.6. The highest BCUT2D eigenvalue weighted by molar-refractivity contribution is 7.92. The van der Waals surface area contributed by atoms with E-state index in [2.05, 4.69) is 28.5 Å². The van der Waals surface area contributed by atoms with Crippen molar-refractivity contribution < 1.29 is 17.9 Å². The van der Waals surface area contributed by atoms with E-state index in [0.717, 1.165) is 16.7 Å². The van der Waals surface area contributed by atoms with Crippen LogP contribution in [-0.4, -0.2) is 53.9 Å². The monoisotopic (exact) mass is 551 g/mol. The van der Waals surface area contributed by atoms with Gasteiger partial charge in [-0.1, -0.05) is 38.1 Å². The Morgan fingerprint density at radius 2 is 1.77 bits per heavy atom. The van der Waals surface area contributed by atoms with Gasteiger partial charge in [0, 0.05) is 23.7 Å². The molecule has 1 aliphatic rings. The number of aromatic nitrogens is 2. The summed E-state index contributed by atoms with van der Waals surface area (Å²) in [5.41, 5.74) is 9.05. The molecule has 10 heteroatoms. The fraction of sp³-hybridized carbons (Fsp3) is 0.414. The fourth-order valence-electron chi connectivity index (χ4n) is 5.01. The number of sulfonamides is 1. The highest BCUT2D eigenvalue weighted by Crippen LogP contribution is 2.31. The topological polar surface area (TPSA) is 128 Å². The van der Waals surface area contributed by atoms with Crippen molar-refractivity contribution in [1.82, 2.24) is 14.9 Å². The largest absolute Gasteiger partial charge is 0.475 e. The number of rotatable bonds is 5. The molecule has 0 aliphatic carbocycles. The van der Waals surface area contributed by atoms with Crippen LogP contribution in [0.4, 0.5) is 5.95 Å². The Balaban J connectivity index is 1.94. The quantitative estimate of drug-likeness (QED) is 0.476. The lowest BCUT2D eigenvalue weighted by atomic mass is 9.94. The molecule has 0 unspecified atom stereocenters. The van der Waals surface area contributed by atoms with Crippen molar-refractivity contribution in [2.24, 2.45) is 11.7 Å². The number of nitrogens with one attached hydrogen (secondary N) is 1. The molecule has 9 nitrogen and oxygen atoms in total. The van der Waals surface area contributed by atoms with E-state index >= 15 is 0 Å². The fourth-order valence-corrected chi connectivity index (χ4v) is 6.00. The Hall–Kier alpha value is -3.50. The summed E-state index contributed by atoms with van der Waals surface area (Å²) in [4.78, 5) is 24.6. The van der Waals surface area contributed by atoms with E-state index < -0.39 is 15.6 Å². The molecule has 3 N–H and O–H groups in total. The number of anilines is 1. The van der Waals surface area contributed by atoms with Crippen molar-refractivity contribution in [3.05, 3.63) is 65.2 Å². The molecule has 4 rings (SSSR count). The average Bonchev–Trinajstić information content (AvgIpc) is 2.86. The Kier molecular flexibility index (Phi) is 7.99. The first kappa shape index (κ1) is 28.5. The third-order valence-electron chi connectivity index (χ3n) is 6.96. The van der Waals surface area contributed by atoms with Gasteiger partial charge in [0.25, 0.3) is 15.9 Å². The van der Waals surface area contributed by atoms with Crippen molar-refractivity contribution in [2.75, 3.05) is 17.9 Å². The summed E-state index contributed by atoms with van der Waals surface area (Å²) >= 11 is 0. The molecule has 1 atom stereocenters. The minimum absolute atomic E-state index is 0.0675. The van der Waals surface area contributed by atoms with Crippen LogP contribution in [0.2, 0.25) is 0 Å². The molecule has 0 spiro atoms. The summed E-state index contributed by atoms with van der Waals surface area (Å²) in [6.07, 6.45) is 0.646. The van der Waals surface area contributed by atoms with Crippen LogP contribution in [0.3, 0.4) is 0 Å². The molecule has 0 fully saturated rings. The van der Waals surface area contributed by atoms with Crippen molar-refractivity contribution in [3.63, 3.8) is 0 Å². The van der Waals surface area contributed by atoms with Gasteiger partial charge < -0.3 is 15.4 Å². The maximum atomic E-state index is 14.0. The van der Waals surface area contributed by atoms with Gasteiger partial charge in [-0.25, -0.2) is 18.1 Å². The minimum atomic E-state index is -4.12. The van der Waals surface area contributed by atoms with Gasteiger partial charge in [-0.15, -0.1) is 0 Å². The zero-order valence-electron chi connectivity index (χ0n) is 23.4. The van der Waals surface area contributed by atoms with Crippen molar-refractivity contribution in [3.8, 4) is 17.1 Å². The Bertz CT molecular complexity index is 1470. The van der Waals surface area contributed by atoms with E-state index in [9.17, 15) is 13.2 Å². The zero-order chi connectivity index (χ0) is 28.5. The number of nitrogens with zero attached hydrogens (tertiary/aromatic N) is 3. The SMILES string of the molecule is Cc1cccc(C)c1-c1cc2nc(n1)NS(=O)(=O)c1cccc(c1)C(=O)N(C(C)(C)CN)[C@H](CC(C)C)CO2. The predicted octanol–water partition coefficient (Wildman–Crippen LogP) is 4.55. The second kappa shape index (κ2) is 10.9. The van der Waals surface area contributed by atoms with Crippen LogP contribution in [0.1, 0.15) is 55.6 Å². The molecule has 0 saturated heterocycles. The second-order valence-corrected chi connectivity index (χ2v) is 12.8. The van der Waals surface area contributed by atoms with E-state index in [4.69, 9.17) is 10.5 Å². The normalized spacial score (nSPS) is 17.5. The van der Waals surface area contributed by atoms with E-state index in [0.29, 0.717) is 12.1 Å². The Morgan fingerprint density at radius 1 is 1.10 bits per heavy atom. The number of benzene rings is 2. The summed E-state index contributed by atoms with van der Waals surface area (Å²) in [6, 6.07) is 13.2. The standard InChI is InChI=1S/C29H37N5O4S/c1-18(2)13-22-16-38-25-15-24(26-19(3)9-7-10-20(26)4)31-28(32-25)33-39(36,37)23-12-8-11-21(14-23)27(35)34(22)29(5,6)17-30/h7-12,14-15,18,22H,13,16-17,30H2,1-6H3,(H,31,32,33)/t22-/m1/s1. The summed E-state index contributed by atoms with van der Waals surface area (Å²) < 4.78 is 35.6. The summed E-state index contributed by atoms with van der Waals surface area (Å²) in [5.74, 6) is 0.0291. The molecular weight excluding hydrogens is 514 g/mol. The molecule has 0 saturated carbocycles. The number of carbonyl (C=O) groups excluding carboxylic acids is 1. The highest BCUT2D eigenvalue weighted by atomic mass is 32.2. The Labute approximate surface area is 230 Å². The summed E-state index contributed by atoms with van der Waals surface area (Å²) in [5, 5.41) is 0. The van der Waals surface area contributed by atoms with Gasteiger partial charge in [0.1, 0.15) is 6.61 Å². The van der Waals surface area contributed by atoms with E-state index in [1.54, 1.807) is 23.1 Å². The third-order valence-corrected chi connectivity index (χ3v) is 8.29. The van der Waals surface area contributed by atoms with Gasteiger partial charge >= 0.3 is 0 Å². The van der Waals surface area contributed by atoms with Crippen LogP contribution < -0.4 is 15.2 Å². The van der Waals surface area contributed by atoms with E-state index in [1.165, 1.54) is 12.1 Å². The molecule has 0 radical (unpaired) electrons. The van der Waals surface area contributed by atoms with E-state index in [1.807, 2.05) is 45.9 Å². The van der Waals surface area contributed by atoms with Crippen molar-refractivity contribution >= 4 is 21.9 Å². The molecule has 1 aliphatic heterocycles. The zero-order valence-corrected chi connectivity index (χ0v) is 24.2. The molecule has 208 valence electrons. The number of ether oxygens (including phenoxy) is 1. The molecule has 1 aromatic heterocycles. The van der Waals surface area contributed by atoms with Crippen LogP contribution in [0, 0.1) is 19.8 Å². The lowest BCUT2D eigenvalue weighted by molar-refractivity contribution is 0.0258. The van der Waals surface area contributed by atoms with Crippen molar-refractivity contribution in [1.29, 1.82) is 0 Å². The van der Waals surface area contributed by atoms with Crippen LogP contribution in [-0.2, 0) is 10.0 Å². The van der Waals surface area contributed by atoms with Gasteiger partial charge in [-0.05, 0) is 69.4 Å². The molecule has 2 aromatic carbocycles. The van der Waals surface area contributed by atoms with Crippen LogP contribution in [0.15, 0.2) is 53.4 Å². The maximum Gasteiger partial charge on any atom is 0.264 e. The number of amides is 1. The average molecular weight is 552 g/mol. The maximum absolute atomic E-state index is 14.0. The number of hydrogen-bond donors (Lipinski definition) is 2.